The van der Waals surface area contributed by atoms with E-state index in [0.717, 1.165) is 50.7 Å². The maximum absolute atomic E-state index is 5.48. The largest absolute Gasteiger partial charge is 0.339 e. The summed E-state index contributed by atoms with van der Waals surface area (Å²) in [6.45, 7) is 12.8. The Labute approximate surface area is 115 Å². The third kappa shape index (κ3) is 2.98. The second-order valence-corrected chi connectivity index (χ2v) is 5.77. The first-order valence-corrected chi connectivity index (χ1v) is 7.39. The highest BCUT2D eigenvalue weighted by Gasteiger charge is 2.34. The van der Waals surface area contributed by atoms with Gasteiger partial charge in [-0.3, -0.25) is 4.90 Å². The molecule has 0 unspecified atom stereocenters. The van der Waals surface area contributed by atoms with Crippen molar-refractivity contribution in [2.75, 3.05) is 26.2 Å². The van der Waals surface area contributed by atoms with Gasteiger partial charge in [0.2, 0.25) is 5.89 Å². The van der Waals surface area contributed by atoms with Crippen LogP contribution in [-0.2, 0) is 5.54 Å². The number of hydrogen-bond donors (Lipinski definition) is 1. The maximum Gasteiger partial charge on any atom is 0.229 e. The SMILES string of the molecule is CCC(CC)c1nc(C(C)(C)N2CCNCC2)no1. The van der Waals surface area contributed by atoms with Gasteiger partial charge in [-0.1, -0.05) is 19.0 Å². The molecule has 1 aromatic rings. The Morgan fingerprint density at radius 2 is 1.89 bits per heavy atom. The van der Waals surface area contributed by atoms with Crippen molar-refractivity contribution in [2.45, 2.75) is 52.0 Å². The molecule has 1 saturated heterocycles. The van der Waals surface area contributed by atoms with Crippen LogP contribution in [0.15, 0.2) is 4.52 Å². The second kappa shape index (κ2) is 6.01. The zero-order chi connectivity index (χ0) is 13.9. The molecule has 5 heteroatoms. The molecule has 1 fully saturated rings. The Kier molecular flexibility index (Phi) is 4.58. The summed E-state index contributed by atoms with van der Waals surface area (Å²) >= 11 is 0. The fourth-order valence-electron chi connectivity index (χ4n) is 2.65. The minimum absolute atomic E-state index is 0.157. The van der Waals surface area contributed by atoms with Crippen molar-refractivity contribution in [3.8, 4) is 0 Å². The van der Waals surface area contributed by atoms with Crippen LogP contribution < -0.4 is 5.32 Å². The van der Waals surface area contributed by atoms with E-state index in [1.807, 2.05) is 0 Å². The summed E-state index contributed by atoms with van der Waals surface area (Å²) in [6.07, 6.45) is 2.10. The van der Waals surface area contributed by atoms with Gasteiger partial charge in [0.05, 0.1) is 5.54 Å². The smallest absolute Gasteiger partial charge is 0.229 e. The molecule has 19 heavy (non-hydrogen) atoms. The highest BCUT2D eigenvalue weighted by atomic mass is 16.5. The molecule has 0 atom stereocenters. The summed E-state index contributed by atoms with van der Waals surface area (Å²) in [5.41, 5.74) is -0.157. The summed E-state index contributed by atoms with van der Waals surface area (Å²) in [6, 6.07) is 0. The lowest BCUT2D eigenvalue weighted by Gasteiger charge is -2.38. The lowest BCUT2D eigenvalue weighted by molar-refractivity contribution is 0.0924. The van der Waals surface area contributed by atoms with Crippen molar-refractivity contribution in [2.24, 2.45) is 0 Å². The highest BCUT2D eigenvalue weighted by molar-refractivity contribution is 5.04. The Balaban J connectivity index is 2.15. The van der Waals surface area contributed by atoms with Gasteiger partial charge in [-0.05, 0) is 26.7 Å². The van der Waals surface area contributed by atoms with E-state index in [1.165, 1.54) is 0 Å². The van der Waals surface area contributed by atoms with E-state index in [9.17, 15) is 0 Å². The second-order valence-electron chi connectivity index (χ2n) is 5.77. The average molecular weight is 266 g/mol. The summed E-state index contributed by atoms with van der Waals surface area (Å²) in [5.74, 6) is 2.00. The molecule has 0 spiro atoms. The van der Waals surface area contributed by atoms with Crippen LogP contribution >= 0.6 is 0 Å². The number of aromatic nitrogens is 2. The molecule has 1 aromatic heterocycles. The molecule has 0 aliphatic carbocycles. The van der Waals surface area contributed by atoms with E-state index < -0.39 is 0 Å². The molecule has 2 rings (SSSR count). The summed E-state index contributed by atoms with van der Waals surface area (Å²) in [5, 5.41) is 7.61. The number of piperazine rings is 1. The van der Waals surface area contributed by atoms with Crippen molar-refractivity contribution in [3.05, 3.63) is 11.7 Å². The molecule has 5 nitrogen and oxygen atoms in total. The fourth-order valence-corrected chi connectivity index (χ4v) is 2.65. The standard InChI is InChI=1S/C14H26N4O/c1-5-11(6-2)12-16-13(17-19-12)14(3,4)18-9-7-15-8-10-18/h11,15H,5-10H2,1-4H3. The predicted molar refractivity (Wildman–Crippen MR) is 75.1 cm³/mol. The van der Waals surface area contributed by atoms with E-state index in [-0.39, 0.29) is 5.54 Å². The monoisotopic (exact) mass is 266 g/mol. The Morgan fingerprint density at radius 3 is 2.47 bits per heavy atom. The third-order valence-electron chi connectivity index (χ3n) is 4.23. The molecule has 1 aliphatic rings. The van der Waals surface area contributed by atoms with E-state index in [1.54, 1.807) is 0 Å². The minimum Gasteiger partial charge on any atom is -0.339 e. The van der Waals surface area contributed by atoms with Crippen LogP contribution in [0.3, 0.4) is 0 Å². The minimum atomic E-state index is -0.157. The molecule has 0 amide bonds. The molecular weight excluding hydrogens is 240 g/mol. The molecule has 0 radical (unpaired) electrons. The van der Waals surface area contributed by atoms with Crippen molar-refractivity contribution < 1.29 is 4.52 Å². The Hall–Kier alpha value is -0.940. The van der Waals surface area contributed by atoms with Gasteiger partial charge in [-0.2, -0.15) is 4.98 Å². The van der Waals surface area contributed by atoms with E-state index in [0.29, 0.717) is 5.92 Å². The van der Waals surface area contributed by atoms with Gasteiger partial charge in [-0.25, -0.2) is 0 Å². The van der Waals surface area contributed by atoms with Crippen molar-refractivity contribution in [1.82, 2.24) is 20.4 Å². The number of nitrogens with one attached hydrogen (secondary N) is 1. The quantitative estimate of drug-likeness (QED) is 0.884. The first-order valence-electron chi connectivity index (χ1n) is 7.39. The Morgan fingerprint density at radius 1 is 1.26 bits per heavy atom. The van der Waals surface area contributed by atoms with Gasteiger partial charge in [0, 0.05) is 32.1 Å². The molecular formula is C14H26N4O. The lowest BCUT2D eigenvalue weighted by Crippen LogP contribution is -2.52. The van der Waals surface area contributed by atoms with Gasteiger partial charge < -0.3 is 9.84 Å². The normalized spacial score (nSPS) is 18.2. The van der Waals surface area contributed by atoms with Crippen molar-refractivity contribution >= 4 is 0 Å². The van der Waals surface area contributed by atoms with E-state index >= 15 is 0 Å². The van der Waals surface area contributed by atoms with Gasteiger partial charge in [0.1, 0.15) is 0 Å². The summed E-state index contributed by atoms with van der Waals surface area (Å²) in [4.78, 5) is 7.08. The first kappa shape index (κ1) is 14.5. The molecule has 2 heterocycles. The summed E-state index contributed by atoms with van der Waals surface area (Å²) < 4.78 is 5.48. The van der Waals surface area contributed by atoms with Crippen LogP contribution in [0.4, 0.5) is 0 Å². The van der Waals surface area contributed by atoms with Gasteiger partial charge in [0.15, 0.2) is 5.82 Å². The molecule has 1 N–H and O–H groups in total. The first-order chi connectivity index (χ1) is 9.09. The zero-order valence-corrected chi connectivity index (χ0v) is 12.6. The summed E-state index contributed by atoms with van der Waals surface area (Å²) in [7, 11) is 0. The molecule has 1 aliphatic heterocycles. The van der Waals surface area contributed by atoms with Gasteiger partial charge in [0.25, 0.3) is 0 Å². The third-order valence-corrected chi connectivity index (χ3v) is 4.23. The van der Waals surface area contributed by atoms with E-state index in [4.69, 9.17) is 4.52 Å². The topological polar surface area (TPSA) is 54.2 Å². The van der Waals surface area contributed by atoms with Crippen LogP contribution in [0.2, 0.25) is 0 Å². The van der Waals surface area contributed by atoms with Crippen LogP contribution in [0.5, 0.6) is 0 Å². The van der Waals surface area contributed by atoms with Crippen LogP contribution in [0.1, 0.15) is 58.2 Å². The number of nitrogens with zero attached hydrogens (tertiary/aromatic N) is 3. The average Bonchev–Trinajstić information content (AvgIpc) is 2.92. The van der Waals surface area contributed by atoms with Crippen LogP contribution in [-0.4, -0.2) is 41.2 Å². The van der Waals surface area contributed by atoms with Crippen LogP contribution in [0, 0.1) is 0 Å². The molecule has 108 valence electrons. The maximum atomic E-state index is 5.48. The molecule has 0 saturated carbocycles. The van der Waals surface area contributed by atoms with E-state index in [2.05, 4.69) is 48.1 Å². The van der Waals surface area contributed by atoms with Crippen molar-refractivity contribution in [3.63, 3.8) is 0 Å². The number of rotatable bonds is 5. The number of hydrogen-bond acceptors (Lipinski definition) is 5. The van der Waals surface area contributed by atoms with Crippen molar-refractivity contribution in [1.29, 1.82) is 0 Å². The fraction of sp³-hybridized carbons (Fsp3) is 0.857. The van der Waals surface area contributed by atoms with Gasteiger partial charge >= 0.3 is 0 Å². The zero-order valence-electron chi connectivity index (χ0n) is 12.6. The van der Waals surface area contributed by atoms with Crippen LogP contribution in [0.25, 0.3) is 0 Å². The van der Waals surface area contributed by atoms with Gasteiger partial charge in [-0.15, -0.1) is 0 Å². The highest BCUT2D eigenvalue weighted by Crippen LogP contribution is 2.28. The molecule has 0 aromatic carbocycles. The lowest BCUT2D eigenvalue weighted by atomic mass is 10.00. The predicted octanol–water partition coefficient (Wildman–Crippen LogP) is 2.11. The molecule has 0 bridgehead atoms. The Bertz CT molecular complexity index is 392.